The Labute approximate surface area is 147 Å². The number of hydrogen-bond donors (Lipinski definition) is 1. The van der Waals surface area contributed by atoms with E-state index in [9.17, 15) is 4.79 Å². The van der Waals surface area contributed by atoms with Crippen molar-refractivity contribution >= 4 is 5.91 Å². The normalized spacial score (nSPS) is 17.1. The number of nitrogens with zero attached hydrogens (tertiary/aromatic N) is 1. The van der Waals surface area contributed by atoms with E-state index >= 15 is 0 Å². The highest BCUT2D eigenvalue weighted by atomic mass is 16.7. The van der Waals surface area contributed by atoms with E-state index in [0.29, 0.717) is 19.5 Å². The first kappa shape index (κ1) is 16.0. The van der Waals surface area contributed by atoms with Gasteiger partial charge in [0.25, 0.3) is 0 Å². The average molecular weight is 338 g/mol. The molecule has 5 heteroatoms. The number of hydrogen-bond acceptors (Lipinski definition) is 4. The molecule has 25 heavy (non-hydrogen) atoms. The number of amides is 1. The maximum Gasteiger partial charge on any atom is 0.231 e. The van der Waals surface area contributed by atoms with Crippen LogP contribution >= 0.6 is 0 Å². The molecule has 0 spiro atoms. The first-order valence-corrected chi connectivity index (χ1v) is 8.75. The van der Waals surface area contributed by atoms with Gasteiger partial charge in [0, 0.05) is 31.6 Å². The number of rotatable bonds is 6. The topological polar surface area (TPSA) is 50.8 Å². The lowest BCUT2D eigenvalue weighted by Crippen LogP contribution is -2.35. The summed E-state index contributed by atoms with van der Waals surface area (Å²) < 4.78 is 11.0. The summed E-state index contributed by atoms with van der Waals surface area (Å²) in [6, 6.07) is 16.3. The van der Waals surface area contributed by atoms with Crippen LogP contribution in [0.15, 0.2) is 48.5 Å². The second-order valence-corrected chi connectivity index (χ2v) is 6.44. The van der Waals surface area contributed by atoms with E-state index in [1.807, 2.05) is 41.3 Å². The Hall–Kier alpha value is -2.53. The van der Waals surface area contributed by atoms with Crippen molar-refractivity contribution < 1.29 is 14.3 Å². The quantitative estimate of drug-likeness (QED) is 0.880. The minimum Gasteiger partial charge on any atom is -0.454 e. The third-order valence-electron chi connectivity index (χ3n) is 4.79. The summed E-state index contributed by atoms with van der Waals surface area (Å²) in [4.78, 5) is 14.0. The molecule has 0 unspecified atom stereocenters. The monoisotopic (exact) mass is 338 g/mol. The molecule has 0 aliphatic carbocycles. The van der Waals surface area contributed by atoms with Gasteiger partial charge in [-0.2, -0.15) is 0 Å². The van der Waals surface area contributed by atoms with E-state index in [1.165, 1.54) is 5.56 Å². The van der Waals surface area contributed by atoms with Gasteiger partial charge in [-0.3, -0.25) is 4.79 Å². The molecular weight excluding hydrogens is 316 g/mol. The van der Waals surface area contributed by atoms with Gasteiger partial charge in [-0.25, -0.2) is 0 Å². The molecule has 4 rings (SSSR count). The number of para-hydroxylation sites is 1. The Morgan fingerprint density at radius 3 is 2.76 bits per heavy atom. The predicted molar refractivity (Wildman–Crippen MR) is 94.4 cm³/mol. The van der Waals surface area contributed by atoms with Crippen molar-refractivity contribution in [3.05, 3.63) is 59.7 Å². The van der Waals surface area contributed by atoms with Crippen LogP contribution in [0.4, 0.5) is 0 Å². The van der Waals surface area contributed by atoms with E-state index in [0.717, 1.165) is 30.0 Å². The van der Waals surface area contributed by atoms with Gasteiger partial charge in [0.05, 0.1) is 6.04 Å². The first-order valence-electron chi connectivity index (χ1n) is 8.75. The van der Waals surface area contributed by atoms with Crippen molar-refractivity contribution in [3.63, 3.8) is 0 Å². The summed E-state index contributed by atoms with van der Waals surface area (Å²) in [5.41, 5.74) is 2.26. The largest absolute Gasteiger partial charge is 0.454 e. The van der Waals surface area contributed by atoms with Gasteiger partial charge in [-0.1, -0.05) is 42.5 Å². The highest BCUT2D eigenvalue weighted by molar-refractivity contribution is 5.78. The van der Waals surface area contributed by atoms with Crippen LogP contribution in [0.1, 0.15) is 30.0 Å². The van der Waals surface area contributed by atoms with Gasteiger partial charge in [0.15, 0.2) is 11.5 Å². The first-order chi connectivity index (χ1) is 12.3. The molecule has 1 amide bonds. The molecule has 0 saturated carbocycles. The fourth-order valence-corrected chi connectivity index (χ4v) is 3.45. The molecule has 2 aliphatic rings. The maximum absolute atomic E-state index is 12.0. The summed E-state index contributed by atoms with van der Waals surface area (Å²) in [5, 5.41) is 3.60. The number of carbonyl (C=O) groups excluding carboxylic acids is 1. The van der Waals surface area contributed by atoms with E-state index in [4.69, 9.17) is 9.47 Å². The second kappa shape index (κ2) is 7.15. The highest BCUT2D eigenvalue weighted by Crippen LogP contribution is 2.35. The van der Waals surface area contributed by atoms with Gasteiger partial charge >= 0.3 is 0 Å². The fraction of sp³-hybridized carbons (Fsp3) is 0.350. The van der Waals surface area contributed by atoms with E-state index in [1.54, 1.807) is 0 Å². The number of carbonyl (C=O) groups is 1. The average Bonchev–Trinajstić information content (AvgIpc) is 3.28. The number of ether oxygens (including phenoxy) is 2. The molecule has 2 heterocycles. The SMILES string of the molecule is O=C1CCCN1C[C@H](NCc1cccc2c1OCO2)c1ccccc1. The van der Waals surface area contributed by atoms with Crippen molar-refractivity contribution in [3.8, 4) is 11.5 Å². The van der Waals surface area contributed by atoms with E-state index in [2.05, 4.69) is 17.4 Å². The summed E-state index contributed by atoms with van der Waals surface area (Å²) in [6.45, 7) is 2.47. The molecule has 2 aromatic rings. The zero-order chi connectivity index (χ0) is 17.1. The Morgan fingerprint density at radius 1 is 1.08 bits per heavy atom. The van der Waals surface area contributed by atoms with Gasteiger partial charge < -0.3 is 19.7 Å². The predicted octanol–water partition coefficient (Wildman–Crippen LogP) is 2.87. The fourth-order valence-electron chi connectivity index (χ4n) is 3.45. The van der Waals surface area contributed by atoms with E-state index < -0.39 is 0 Å². The Balaban J connectivity index is 1.50. The zero-order valence-corrected chi connectivity index (χ0v) is 14.1. The van der Waals surface area contributed by atoms with Crippen LogP contribution in [0.5, 0.6) is 11.5 Å². The summed E-state index contributed by atoms with van der Waals surface area (Å²) in [5.74, 6) is 1.87. The molecule has 5 nitrogen and oxygen atoms in total. The third kappa shape index (κ3) is 3.46. The van der Waals surface area contributed by atoms with Crippen LogP contribution in [-0.2, 0) is 11.3 Å². The lowest BCUT2D eigenvalue weighted by atomic mass is 10.1. The number of nitrogens with one attached hydrogen (secondary N) is 1. The molecule has 0 radical (unpaired) electrons. The minimum atomic E-state index is 0.0847. The molecule has 0 aromatic heterocycles. The third-order valence-corrected chi connectivity index (χ3v) is 4.79. The molecule has 2 aromatic carbocycles. The standard InChI is InChI=1S/C20H22N2O3/c23-19-10-5-11-22(19)13-17(15-6-2-1-3-7-15)21-12-16-8-4-9-18-20(16)25-14-24-18/h1-4,6-9,17,21H,5,10-14H2/t17-/m0/s1. The van der Waals surface area contributed by atoms with Gasteiger partial charge in [-0.15, -0.1) is 0 Å². The second-order valence-electron chi connectivity index (χ2n) is 6.44. The van der Waals surface area contributed by atoms with Crippen molar-refractivity contribution in [1.29, 1.82) is 0 Å². The molecule has 1 atom stereocenters. The maximum atomic E-state index is 12.0. The Morgan fingerprint density at radius 2 is 1.96 bits per heavy atom. The molecule has 1 fully saturated rings. The molecule has 130 valence electrons. The van der Waals surface area contributed by atoms with Crippen LogP contribution in [0, 0.1) is 0 Å². The zero-order valence-electron chi connectivity index (χ0n) is 14.1. The number of benzene rings is 2. The smallest absolute Gasteiger partial charge is 0.231 e. The lowest BCUT2D eigenvalue weighted by Gasteiger charge is -2.25. The van der Waals surface area contributed by atoms with Gasteiger partial charge in [-0.05, 0) is 18.1 Å². The molecule has 1 saturated heterocycles. The lowest BCUT2D eigenvalue weighted by molar-refractivity contribution is -0.128. The molecule has 0 bridgehead atoms. The summed E-state index contributed by atoms with van der Waals surface area (Å²) >= 11 is 0. The Bertz CT molecular complexity index is 748. The molecule has 2 aliphatic heterocycles. The molecule has 1 N–H and O–H groups in total. The van der Waals surface area contributed by atoms with Crippen molar-refractivity contribution in [1.82, 2.24) is 10.2 Å². The van der Waals surface area contributed by atoms with Gasteiger partial charge in [0.2, 0.25) is 12.7 Å². The summed E-state index contributed by atoms with van der Waals surface area (Å²) in [6.07, 6.45) is 1.62. The van der Waals surface area contributed by atoms with Crippen LogP contribution < -0.4 is 14.8 Å². The minimum absolute atomic E-state index is 0.0847. The van der Waals surface area contributed by atoms with E-state index in [-0.39, 0.29) is 18.7 Å². The van der Waals surface area contributed by atoms with Crippen molar-refractivity contribution in [2.75, 3.05) is 19.9 Å². The van der Waals surface area contributed by atoms with Crippen LogP contribution in [0.2, 0.25) is 0 Å². The number of likely N-dealkylation sites (tertiary alicyclic amines) is 1. The summed E-state index contributed by atoms with van der Waals surface area (Å²) in [7, 11) is 0. The van der Waals surface area contributed by atoms with Crippen LogP contribution in [0.25, 0.3) is 0 Å². The number of fused-ring (bicyclic) bond motifs is 1. The van der Waals surface area contributed by atoms with Crippen molar-refractivity contribution in [2.24, 2.45) is 0 Å². The van der Waals surface area contributed by atoms with Crippen molar-refractivity contribution in [2.45, 2.75) is 25.4 Å². The van der Waals surface area contributed by atoms with Crippen LogP contribution in [-0.4, -0.2) is 30.7 Å². The molecular formula is C20H22N2O3. The van der Waals surface area contributed by atoms with Gasteiger partial charge in [0.1, 0.15) is 0 Å². The Kier molecular flexibility index (Phi) is 4.57. The van der Waals surface area contributed by atoms with Crippen LogP contribution in [0.3, 0.4) is 0 Å². The highest BCUT2D eigenvalue weighted by Gasteiger charge is 2.25.